The van der Waals surface area contributed by atoms with Crippen molar-refractivity contribution >= 4 is 17.7 Å². The van der Waals surface area contributed by atoms with Gasteiger partial charge in [0.1, 0.15) is 17.3 Å². The van der Waals surface area contributed by atoms with E-state index in [1.807, 2.05) is 41.3 Å². The Kier molecular flexibility index (Phi) is 9.18. The number of carbonyl (C=O) groups excluding carboxylic acids is 3. The first-order valence-electron chi connectivity index (χ1n) is 15.7. The predicted molar refractivity (Wildman–Crippen MR) is 165 cm³/mol. The number of amides is 3. The predicted octanol–water partition coefficient (Wildman–Crippen LogP) is 5.45. The Labute approximate surface area is 262 Å². The van der Waals surface area contributed by atoms with E-state index in [0.29, 0.717) is 42.4 Å². The zero-order chi connectivity index (χ0) is 31.3. The van der Waals surface area contributed by atoms with E-state index in [9.17, 15) is 18.8 Å². The standard InChI is InChI=1S/C35H38FN3O6/c1-43-30-12-7-23-20-31(30)44-18-4-16-37-35(42)28-21-26(9-11-29(28)36)45-25-8-10-27-22(19-25)15-17-39(34(23)27)33(41)14-13-32(40)38-24-5-2-3-6-24/h7-12,19-21,24,34H,2-6,13-18H2,1H3,(H,37,42)(H,38,40). The van der Waals surface area contributed by atoms with Crippen LogP contribution in [0.1, 0.15) is 78.0 Å². The number of halogens is 1. The lowest BCUT2D eigenvalue weighted by atomic mass is 9.87. The van der Waals surface area contributed by atoms with Gasteiger partial charge in [-0.15, -0.1) is 0 Å². The molecule has 3 amide bonds. The molecule has 0 spiro atoms. The summed E-state index contributed by atoms with van der Waals surface area (Å²) in [7, 11) is 1.56. The average molecular weight is 616 g/mol. The van der Waals surface area contributed by atoms with Gasteiger partial charge in [0.2, 0.25) is 11.8 Å². The largest absolute Gasteiger partial charge is 0.493 e. The summed E-state index contributed by atoms with van der Waals surface area (Å²) < 4.78 is 32.3. The molecule has 7 rings (SSSR count). The highest BCUT2D eigenvalue weighted by molar-refractivity contribution is 5.94. The fourth-order valence-electron chi connectivity index (χ4n) is 6.43. The van der Waals surface area contributed by atoms with Crippen LogP contribution in [0.25, 0.3) is 0 Å². The molecule has 10 heteroatoms. The van der Waals surface area contributed by atoms with Crippen molar-refractivity contribution in [2.24, 2.45) is 0 Å². The molecule has 4 aliphatic rings. The van der Waals surface area contributed by atoms with Crippen LogP contribution < -0.4 is 24.8 Å². The normalized spacial score (nSPS) is 18.2. The molecule has 3 heterocycles. The third-order valence-corrected chi connectivity index (χ3v) is 8.74. The Morgan fingerprint density at radius 3 is 2.64 bits per heavy atom. The van der Waals surface area contributed by atoms with E-state index in [1.54, 1.807) is 7.11 Å². The molecule has 0 saturated heterocycles. The van der Waals surface area contributed by atoms with Crippen molar-refractivity contribution in [3.63, 3.8) is 0 Å². The topological polar surface area (TPSA) is 106 Å². The van der Waals surface area contributed by atoms with Gasteiger partial charge >= 0.3 is 0 Å². The second-order valence-corrected chi connectivity index (χ2v) is 11.8. The second kappa shape index (κ2) is 13.6. The minimum atomic E-state index is -0.638. The van der Waals surface area contributed by atoms with Gasteiger partial charge < -0.3 is 29.7 Å². The Hall–Kier alpha value is -4.60. The van der Waals surface area contributed by atoms with E-state index in [2.05, 4.69) is 10.6 Å². The van der Waals surface area contributed by atoms with Crippen LogP contribution in [0.15, 0.2) is 54.6 Å². The maximum absolute atomic E-state index is 14.6. The summed E-state index contributed by atoms with van der Waals surface area (Å²) in [6.45, 7) is 0.997. The van der Waals surface area contributed by atoms with Crippen molar-refractivity contribution in [2.75, 3.05) is 26.8 Å². The smallest absolute Gasteiger partial charge is 0.254 e. The number of benzene rings is 3. The number of hydrogen-bond acceptors (Lipinski definition) is 6. The van der Waals surface area contributed by atoms with Gasteiger partial charge in [0.15, 0.2) is 11.5 Å². The van der Waals surface area contributed by atoms with Crippen LogP contribution in [0.3, 0.4) is 0 Å². The highest BCUT2D eigenvalue weighted by atomic mass is 19.1. The Morgan fingerprint density at radius 2 is 1.82 bits per heavy atom. The molecular formula is C35H38FN3O6. The van der Waals surface area contributed by atoms with Gasteiger partial charge in [-0.25, -0.2) is 4.39 Å². The summed E-state index contributed by atoms with van der Waals surface area (Å²) >= 11 is 0. The van der Waals surface area contributed by atoms with E-state index in [0.717, 1.165) is 42.4 Å². The van der Waals surface area contributed by atoms with Crippen molar-refractivity contribution in [1.29, 1.82) is 0 Å². The van der Waals surface area contributed by atoms with Crippen molar-refractivity contribution in [1.82, 2.24) is 15.5 Å². The van der Waals surface area contributed by atoms with Crippen molar-refractivity contribution in [3.05, 3.63) is 82.7 Å². The van der Waals surface area contributed by atoms with Crippen LogP contribution in [0.2, 0.25) is 0 Å². The Balaban J connectivity index is 1.33. The molecule has 9 nitrogen and oxygen atoms in total. The molecule has 1 unspecified atom stereocenters. The lowest BCUT2D eigenvalue weighted by Crippen LogP contribution is -2.41. The lowest BCUT2D eigenvalue weighted by Gasteiger charge is -2.38. The molecule has 8 bridgehead atoms. The number of fused-ring (bicyclic) bond motifs is 6. The van der Waals surface area contributed by atoms with Gasteiger partial charge in [-0.05, 0) is 84.8 Å². The monoisotopic (exact) mass is 615 g/mol. The maximum Gasteiger partial charge on any atom is 0.254 e. The molecule has 3 aromatic rings. The molecule has 1 atom stereocenters. The van der Waals surface area contributed by atoms with Gasteiger partial charge in [-0.1, -0.05) is 25.0 Å². The number of ether oxygens (including phenoxy) is 3. The number of carbonyl (C=O) groups is 3. The molecule has 3 aliphatic heterocycles. The van der Waals surface area contributed by atoms with Crippen LogP contribution in [-0.4, -0.2) is 55.5 Å². The van der Waals surface area contributed by atoms with Gasteiger partial charge in [0, 0.05) is 32.0 Å². The first kappa shape index (κ1) is 30.4. The summed E-state index contributed by atoms with van der Waals surface area (Å²) in [6, 6.07) is 15.2. The zero-order valence-corrected chi connectivity index (χ0v) is 25.4. The van der Waals surface area contributed by atoms with E-state index in [1.165, 1.54) is 18.2 Å². The Morgan fingerprint density at radius 1 is 1.02 bits per heavy atom. The number of nitrogens with one attached hydrogen (secondary N) is 2. The van der Waals surface area contributed by atoms with Crippen LogP contribution in [0.5, 0.6) is 23.0 Å². The molecular weight excluding hydrogens is 577 g/mol. The molecule has 2 N–H and O–H groups in total. The number of methoxy groups -OCH3 is 1. The average Bonchev–Trinajstić information content (AvgIpc) is 3.56. The van der Waals surface area contributed by atoms with E-state index in [4.69, 9.17) is 14.2 Å². The van der Waals surface area contributed by atoms with Crippen molar-refractivity contribution in [2.45, 2.75) is 63.5 Å². The molecule has 1 fully saturated rings. The molecule has 1 aliphatic carbocycles. The van der Waals surface area contributed by atoms with E-state index < -0.39 is 17.8 Å². The van der Waals surface area contributed by atoms with Gasteiger partial charge in [0.25, 0.3) is 5.91 Å². The summed E-state index contributed by atoms with van der Waals surface area (Å²) in [5.74, 6) is 0.573. The second-order valence-electron chi connectivity index (χ2n) is 11.8. The SMILES string of the molecule is COc1ccc2cc1OCCCNC(=O)c1cc(ccc1F)Oc1ccc3c(c1)CCN(C(=O)CCC(=O)NC1CCCC1)C23. The van der Waals surface area contributed by atoms with Crippen LogP contribution >= 0.6 is 0 Å². The highest BCUT2D eigenvalue weighted by Gasteiger charge is 2.33. The van der Waals surface area contributed by atoms with Gasteiger partial charge in [0.05, 0.1) is 25.3 Å². The van der Waals surface area contributed by atoms with Gasteiger partial charge in [-0.3, -0.25) is 14.4 Å². The first-order chi connectivity index (χ1) is 21.9. The van der Waals surface area contributed by atoms with Crippen LogP contribution in [0.4, 0.5) is 4.39 Å². The third-order valence-electron chi connectivity index (χ3n) is 8.74. The molecule has 0 radical (unpaired) electrons. The van der Waals surface area contributed by atoms with Crippen molar-refractivity contribution in [3.8, 4) is 23.0 Å². The molecule has 3 aromatic carbocycles. The minimum absolute atomic E-state index is 0.0839. The van der Waals surface area contributed by atoms with E-state index >= 15 is 0 Å². The molecule has 236 valence electrons. The maximum atomic E-state index is 14.6. The number of nitrogens with zero attached hydrogens (tertiary/aromatic N) is 1. The summed E-state index contributed by atoms with van der Waals surface area (Å²) in [4.78, 5) is 41.0. The molecule has 45 heavy (non-hydrogen) atoms. The zero-order valence-electron chi connectivity index (χ0n) is 25.4. The Bertz CT molecular complexity index is 1590. The van der Waals surface area contributed by atoms with Crippen LogP contribution in [0, 0.1) is 5.82 Å². The lowest BCUT2D eigenvalue weighted by molar-refractivity contribution is -0.135. The molecule has 0 aromatic heterocycles. The fraction of sp³-hybridized carbons (Fsp3) is 0.400. The van der Waals surface area contributed by atoms with Crippen molar-refractivity contribution < 1.29 is 33.0 Å². The van der Waals surface area contributed by atoms with Crippen LogP contribution in [-0.2, 0) is 16.0 Å². The molecule has 1 saturated carbocycles. The van der Waals surface area contributed by atoms with E-state index in [-0.39, 0.29) is 49.4 Å². The summed E-state index contributed by atoms with van der Waals surface area (Å²) in [5, 5.41) is 5.82. The quantitative estimate of drug-likeness (QED) is 0.396. The summed E-state index contributed by atoms with van der Waals surface area (Å²) in [5.41, 5.74) is 2.68. The highest BCUT2D eigenvalue weighted by Crippen LogP contribution is 2.41. The fourth-order valence-corrected chi connectivity index (χ4v) is 6.43. The third kappa shape index (κ3) is 6.90. The number of hydrogen-bond donors (Lipinski definition) is 2. The first-order valence-corrected chi connectivity index (χ1v) is 15.7. The minimum Gasteiger partial charge on any atom is -0.493 e. The van der Waals surface area contributed by atoms with Gasteiger partial charge in [-0.2, -0.15) is 0 Å². The summed E-state index contributed by atoms with van der Waals surface area (Å²) in [6.07, 6.45) is 5.55. The number of rotatable bonds is 5.